The van der Waals surface area contributed by atoms with Gasteiger partial charge in [0.05, 0.1) is 0 Å². The summed E-state index contributed by atoms with van der Waals surface area (Å²) in [6.07, 6.45) is 0. The Morgan fingerprint density at radius 2 is 1.95 bits per heavy atom. The number of ether oxygens (including phenoxy) is 1. The fourth-order valence-electron chi connectivity index (χ4n) is 1.76. The molecule has 4 nitrogen and oxygen atoms in total. The minimum Gasteiger partial charge on any atom is -0.484 e. The number of carbonyl (C=O) groups excluding carboxylic acids is 1. The van der Waals surface area contributed by atoms with Crippen LogP contribution in [0.1, 0.15) is 11.1 Å². The van der Waals surface area contributed by atoms with Crippen molar-refractivity contribution in [1.29, 1.82) is 0 Å². The molecule has 0 aliphatic carbocycles. The van der Waals surface area contributed by atoms with Crippen LogP contribution in [0.3, 0.4) is 0 Å². The molecule has 2 rings (SSSR count). The Hall–Kier alpha value is -2.01. The summed E-state index contributed by atoms with van der Waals surface area (Å²) in [4.78, 5) is 10.6. The molecule has 0 atom stereocenters. The van der Waals surface area contributed by atoms with Crippen molar-refractivity contribution < 1.29 is 9.53 Å². The molecule has 0 saturated heterocycles. The van der Waals surface area contributed by atoms with Gasteiger partial charge in [-0.05, 0) is 42.3 Å². The lowest BCUT2D eigenvalue weighted by Crippen LogP contribution is -2.19. The highest BCUT2D eigenvalue weighted by Crippen LogP contribution is 2.21. The quantitative estimate of drug-likeness (QED) is 0.842. The number of amides is 1. The Morgan fingerprint density at radius 3 is 2.57 bits per heavy atom. The second kappa shape index (κ2) is 7.13. The Balaban J connectivity index is 1.91. The Bertz CT molecular complexity index is 627. The molecule has 0 bridgehead atoms. The lowest BCUT2D eigenvalue weighted by molar-refractivity contribution is -0.119. The summed E-state index contributed by atoms with van der Waals surface area (Å²) in [6, 6.07) is 13.7. The first-order valence-electron chi connectivity index (χ1n) is 6.54. The van der Waals surface area contributed by atoms with Gasteiger partial charge in [-0.1, -0.05) is 34.1 Å². The number of nitrogens with one attached hydrogen (secondary N) is 1. The third-order valence-electron chi connectivity index (χ3n) is 2.97. The van der Waals surface area contributed by atoms with Gasteiger partial charge in [0.25, 0.3) is 5.91 Å². The van der Waals surface area contributed by atoms with Crippen molar-refractivity contribution >= 4 is 27.5 Å². The number of benzene rings is 2. The molecule has 0 spiro atoms. The van der Waals surface area contributed by atoms with Crippen molar-refractivity contribution in [3.8, 4) is 5.75 Å². The molecular weight excluding hydrogens is 332 g/mol. The summed E-state index contributed by atoms with van der Waals surface area (Å²) in [5, 5.41) is 3.35. The van der Waals surface area contributed by atoms with E-state index in [1.165, 1.54) is 5.56 Å². The molecule has 0 saturated carbocycles. The molecule has 1 amide bonds. The normalized spacial score (nSPS) is 10.2. The molecule has 0 aromatic heterocycles. The fraction of sp³-hybridized carbons (Fsp3) is 0.188. The van der Waals surface area contributed by atoms with E-state index >= 15 is 0 Å². The Labute approximate surface area is 132 Å². The van der Waals surface area contributed by atoms with Gasteiger partial charge in [0, 0.05) is 16.7 Å². The molecule has 3 N–H and O–H groups in total. The second-order valence-electron chi connectivity index (χ2n) is 4.72. The van der Waals surface area contributed by atoms with Gasteiger partial charge < -0.3 is 15.8 Å². The van der Waals surface area contributed by atoms with E-state index in [1.807, 2.05) is 30.3 Å². The molecular formula is C16H17BrN2O2. The number of anilines is 1. The average Bonchev–Trinajstić information content (AvgIpc) is 2.47. The monoisotopic (exact) mass is 348 g/mol. The minimum atomic E-state index is -0.481. The van der Waals surface area contributed by atoms with Crippen molar-refractivity contribution in [1.82, 2.24) is 0 Å². The minimum absolute atomic E-state index is 0.102. The number of aryl methyl sites for hydroxylation is 1. The van der Waals surface area contributed by atoms with E-state index < -0.39 is 5.91 Å². The van der Waals surface area contributed by atoms with Gasteiger partial charge >= 0.3 is 0 Å². The molecule has 21 heavy (non-hydrogen) atoms. The highest BCUT2D eigenvalue weighted by Gasteiger charge is 2.00. The van der Waals surface area contributed by atoms with Crippen molar-refractivity contribution in [2.24, 2.45) is 5.73 Å². The molecule has 0 aliphatic heterocycles. The van der Waals surface area contributed by atoms with Crippen molar-refractivity contribution in [3.05, 3.63) is 58.1 Å². The maximum Gasteiger partial charge on any atom is 0.255 e. The lowest BCUT2D eigenvalue weighted by Gasteiger charge is -2.09. The van der Waals surface area contributed by atoms with Crippen LogP contribution in [0.5, 0.6) is 5.75 Å². The van der Waals surface area contributed by atoms with Crippen LogP contribution in [0.2, 0.25) is 0 Å². The molecule has 5 heteroatoms. The first kappa shape index (κ1) is 15.4. The van der Waals surface area contributed by atoms with E-state index in [2.05, 4.69) is 40.3 Å². The maximum atomic E-state index is 10.6. The van der Waals surface area contributed by atoms with Gasteiger partial charge in [0.15, 0.2) is 6.61 Å². The summed E-state index contributed by atoms with van der Waals surface area (Å²) >= 11 is 3.52. The van der Waals surface area contributed by atoms with Gasteiger partial charge in [0.1, 0.15) is 5.75 Å². The Morgan fingerprint density at radius 1 is 1.24 bits per heavy atom. The first-order valence-corrected chi connectivity index (χ1v) is 7.34. The van der Waals surface area contributed by atoms with Crippen LogP contribution in [0.15, 0.2) is 46.9 Å². The number of halogens is 1. The van der Waals surface area contributed by atoms with E-state index in [4.69, 9.17) is 10.5 Å². The van der Waals surface area contributed by atoms with Gasteiger partial charge in [-0.2, -0.15) is 0 Å². The predicted molar refractivity (Wildman–Crippen MR) is 87.3 cm³/mol. The smallest absolute Gasteiger partial charge is 0.255 e. The predicted octanol–water partition coefficient (Wildman–Crippen LogP) is 3.23. The number of rotatable bonds is 6. The first-order chi connectivity index (χ1) is 10.0. The number of hydrogen-bond acceptors (Lipinski definition) is 3. The zero-order valence-corrected chi connectivity index (χ0v) is 13.3. The molecule has 0 unspecified atom stereocenters. The number of nitrogens with two attached hydrogens (primary N) is 1. The molecule has 0 aliphatic rings. The highest BCUT2D eigenvalue weighted by atomic mass is 79.9. The van der Waals surface area contributed by atoms with Crippen LogP contribution in [0.4, 0.5) is 5.69 Å². The topological polar surface area (TPSA) is 64.3 Å². The number of carbonyl (C=O) groups is 1. The standard InChI is InChI=1S/C16H17BrN2O2/c1-11-2-5-13(8-15(11)17)19-9-12-3-6-14(7-4-12)21-10-16(18)20/h2-8,19H,9-10H2,1H3,(H2,18,20). The summed E-state index contributed by atoms with van der Waals surface area (Å²) in [6.45, 7) is 2.67. The van der Waals surface area contributed by atoms with Crippen LogP contribution in [0, 0.1) is 6.92 Å². The summed E-state index contributed by atoms with van der Waals surface area (Å²) in [7, 11) is 0. The van der Waals surface area contributed by atoms with E-state index in [0.717, 1.165) is 15.7 Å². The van der Waals surface area contributed by atoms with Crippen molar-refractivity contribution in [2.45, 2.75) is 13.5 Å². The second-order valence-corrected chi connectivity index (χ2v) is 5.57. The third-order valence-corrected chi connectivity index (χ3v) is 3.83. The highest BCUT2D eigenvalue weighted by molar-refractivity contribution is 9.10. The van der Waals surface area contributed by atoms with Crippen molar-refractivity contribution in [2.75, 3.05) is 11.9 Å². The maximum absolute atomic E-state index is 10.6. The summed E-state index contributed by atoms with van der Waals surface area (Å²) in [5.74, 6) is 0.154. The van der Waals surface area contributed by atoms with Crippen LogP contribution < -0.4 is 15.8 Å². The van der Waals surface area contributed by atoms with E-state index in [-0.39, 0.29) is 6.61 Å². The molecule has 110 valence electrons. The molecule has 2 aromatic rings. The van der Waals surface area contributed by atoms with Crippen LogP contribution in [0.25, 0.3) is 0 Å². The molecule has 0 heterocycles. The average molecular weight is 349 g/mol. The van der Waals surface area contributed by atoms with Crippen LogP contribution in [-0.2, 0) is 11.3 Å². The molecule has 2 aromatic carbocycles. The SMILES string of the molecule is Cc1ccc(NCc2ccc(OCC(N)=O)cc2)cc1Br. The van der Waals surface area contributed by atoms with Crippen molar-refractivity contribution in [3.63, 3.8) is 0 Å². The zero-order chi connectivity index (χ0) is 15.2. The van der Waals surface area contributed by atoms with Gasteiger partial charge in [-0.3, -0.25) is 4.79 Å². The largest absolute Gasteiger partial charge is 0.484 e. The Kier molecular flexibility index (Phi) is 5.22. The molecule has 0 radical (unpaired) electrons. The molecule has 0 fully saturated rings. The van der Waals surface area contributed by atoms with Crippen LogP contribution >= 0.6 is 15.9 Å². The van der Waals surface area contributed by atoms with Gasteiger partial charge in [-0.25, -0.2) is 0 Å². The van der Waals surface area contributed by atoms with E-state index in [1.54, 1.807) is 0 Å². The van der Waals surface area contributed by atoms with Gasteiger partial charge in [0.2, 0.25) is 0 Å². The number of hydrogen-bond donors (Lipinski definition) is 2. The van der Waals surface area contributed by atoms with Gasteiger partial charge in [-0.15, -0.1) is 0 Å². The van der Waals surface area contributed by atoms with E-state index in [9.17, 15) is 4.79 Å². The zero-order valence-electron chi connectivity index (χ0n) is 11.7. The third kappa shape index (κ3) is 4.79. The fourth-order valence-corrected chi connectivity index (χ4v) is 2.14. The van der Waals surface area contributed by atoms with Crippen LogP contribution in [-0.4, -0.2) is 12.5 Å². The summed E-state index contributed by atoms with van der Waals surface area (Å²) in [5.41, 5.74) is 8.41. The van der Waals surface area contributed by atoms with E-state index in [0.29, 0.717) is 12.3 Å². The number of primary amides is 1. The summed E-state index contributed by atoms with van der Waals surface area (Å²) < 4.78 is 6.30. The lowest BCUT2D eigenvalue weighted by atomic mass is 10.2.